The molecule has 0 rings (SSSR count). The van der Waals surface area contributed by atoms with E-state index in [2.05, 4.69) is 5.14 Å². The average molecular weight is 140 g/mol. The van der Waals surface area contributed by atoms with Crippen LogP contribution in [0, 0.1) is 0 Å². The van der Waals surface area contributed by atoms with Gasteiger partial charge in [0.15, 0.2) is 0 Å². The van der Waals surface area contributed by atoms with Crippen molar-refractivity contribution in [2.24, 2.45) is 5.14 Å². The largest absolute Gasteiger partial charge is 0.276 e. The maximum atomic E-state index is 10.0. The predicted molar refractivity (Wildman–Crippen MR) is 33.5 cm³/mol. The van der Waals surface area contributed by atoms with Crippen molar-refractivity contribution in [1.82, 2.24) is 4.31 Å². The standard InChI is InChI=1S/C2H8N2O2S.CH4/c1-4(2)7(3,5)6;/h1-2H3,(H2,3,5,6);1H4. The van der Waals surface area contributed by atoms with Gasteiger partial charge in [-0.3, -0.25) is 0 Å². The van der Waals surface area contributed by atoms with Gasteiger partial charge >= 0.3 is 0 Å². The lowest BCUT2D eigenvalue weighted by Gasteiger charge is -2.02. The van der Waals surface area contributed by atoms with Gasteiger partial charge < -0.3 is 0 Å². The van der Waals surface area contributed by atoms with E-state index in [-0.39, 0.29) is 7.43 Å². The molecule has 52 valence electrons. The maximum absolute atomic E-state index is 10.0. The van der Waals surface area contributed by atoms with Gasteiger partial charge in [0.2, 0.25) is 0 Å². The molecule has 0 aliphatic heterocycles. The summed E-state index contributed by atoms with van der Waals surface area (Å²) in [5.41, 5.74) is 0. The van der Waals surface area contributed by atoms with E-state index in [9.17, 15) is 8.42 Å². The molecule has 0 saturated heterocycles. The lowest BCUT2D eigenvalue weighted by molar-refractivity contribution is 0.522. The molecule has 0 spiro atoms. The molecule has 0 atom stereocenters. The molecule has 0 fully saturated rings. The van der Waals surface area contributed by atoms with Crippen molar-refractivity contribution in [3.63, 3.8) is 0 Å². The highest BCUT2D eigenvalue weighted by Crippen LogP contribution is 1.77. The third-order valence-corrected chi connectivity index (χ3v) is 1.53. The predicted octanol–water partition coefficient (Wildman–Crippen LogP) is -0.612. The zero-order valence-electron chi connectivity index (χ0n) is 4.25. The summed E-state index contributed by atoms with van der Waals surface area (Å²) in [5.74, 6) is 0. The second-order valence-electron chi connectivity index (χ2n) is 1.33. The molecule has 0 aliphatic carbocycles. The Kier molecular flexibility index (Phi) is 4.05. The van der Waals surface area contributed by atoms with E-state index >= 15 is 0 Å². The van der Waals surface area contributed by atoms with Gasteiger partial charge in [-0.2, -0.15) is 12.7 Å². The van der Waals surface area contributed by atoms with Crippen molar-refractivity contribution in [1.29, 1.82) is 0 Å². The van der Waals surface area contributed by atoms with Crippen LogP contribution in [0.1, 0.15) is 7.43 Å². The fourth-order valence-electron chi connectivity index (χ4n) is 0. The molecule has 0 radical (unpaired) electrons. The second kappa shape index (κ2) is 3.01. The van der Waals surface area contributed by atoms with Gasteiger partial charge in [0, 0.05) is 14.1 Å². The van der Waals surface area contributed by atoms with Crippen LogP contribution in [0.25, 0.3) is 0 Å². The first-order chi connectivity index (χ1) is 2.94. The van der Waals surface area contributed by atoms with Gasteiger partial charge in [-0.15, -0.1) is 0 Å². The zero-order valence-corrected chi connectivity index (χ0v) is 5.07. The Morgan fingerprint density at radius 1 is 1.38 bits per heavy atom. The summed E-state index contributed by atoms with van der Waals surface area (Å²) in [5, 5.41) is 4.58. The lowest BCUT2D eigenvalue weighted by Crippen LogP contribution is -2.29. The molecule has 0 saturated carbocycles. The van der Waals surface area contributed by atoms with Gasteiger partial charge in [-0.25, -0.2) is 5.14 Å². The van der Waals surface area contributed by atoms with Crippen LogP contribution >= 0.6 is 0 Å². The molecule has 0 aromatic heterocycles. The Morgan fingerprint density at radius 2 is 1.50 bits per heavy atom. The van der Waals surface area contributed by atoms with Gasteiger partial charge in [0.05, 0.1) is 0 Å². The first-order valence-corrected chi connectivity index (χ1v) is 3.15. The van der Waals surface area contributed by atoms with Crippen molar-refractivity contribution >= 4 is 10.2 Å². The number of nitrogens with two attached hydrogens (primary N) is 1. The summed E-state index contributed by atoms with van der Waals surface area (Å²) >= 11 is 0. The molecule has 0 aromatic rings. The van der Waals surface area contributed by atoms with Crippen LogP contribution in [0.5, 0.6) is 0 Å². The summed E-state index contributed by atoms with van der Waals surface area (Å²) in [7, 11) is -0.667. The van der Waals surface area contributed by atoms with Crippen molar-refractivity contribution < 1.29 is 8.42 Å². The topological polar surface area (TPSA) is 63.4 Å². The van der Waals surface area contributed by atoms with Crippen LogP contribution in [-0.4, -0.2) is 26.8 Å². The first-order valence-electron chi connectivity index (χ1n) is 1.65. The summed E-state index contributed by atoms with van der Waals surface area (Å²) < 4.78 is 21.0. The molecular formula is C3H12N2O2S. The fourth-order valence-corrected chi connectivity index (χ4v) is 0. The van der Waals surface area contributed by atoms with Crippen LogP contribution in [0.3, 0.4) is 0 Å². The average Bonchev–Trinajstić information content (AvgIpc) is 1.31. The van der Waals surface area contributed by atoms with E-state index in [0.717, 1.165) is 4.31 Å². The van der Waals surface area contributed by atoms with E-state index in [0.29, 0.717) is 0 Å². The number of rotatable bonds is 1. The first kappa shape index (κ1) is 10.8. The zero-order chi connectivity index (χ0) is 6.08. The van der Waals surface area contributed by atoms with Crippen molar-refractivity contribution in [2.75, 3.05) is 14.1 Å². The lowest BCUT2D eigenvalue weighted by atomic mass is 11.3. The molecule has 8 heavy (non-hydrogen) atoms. The Hall–Kier alpha value is -0.130. The fraction of sp³-hybridized carbons (Fsp3) is 1.00. The quantitative estimate of drug-likeness (QED) is 0.528. The minimum absolute atomic E-state index is 0. The minimum Gasteiger partial charge on any atom is -0.216 e. The molecule has 0 unspecified atom stereocenters. The van der Waals surface area contributed by atoms with Crippen LogP contribution in [0.2, 0.25) is 0 Å². The molecule has 0 aliphatic rings. The van der Waals surface area contributed by atoms with Gasteiger partial charge in [-0.1, -0.05) is 7.43 Å². The third-order valence-electron chi connectivity index (χ3n) is 0.509. The van der Waals surface area contributed by atoms with Crippen LogP contribution < -0.4 is 5.14 Å². The van der Waals surface area contributed by atoms with E-state index in [1.165, 1.54) is 14.1 Å². The highest BCUT2D eigenvalue weighted by atomic mass is 32.2. The van der Waals surface area contributed by atoms with Crippen LogP contribution in [0.15, 0.2) is 0 Å². The second-order valence-corrected chi connectivity index (χ2v) is 3.09. The molecular weight excluding hydrogens is 128 g/mol. The summed E-state index contributed by atoms with van der Waals surface area (Å²) in [6, 6.07) is 0. The number of hydrogen-bond donors (Lipinski definition) is 1. The maximum Gasteiger partial charge on any atom is 0.276 e. The van der Waals surface area contributed by atoms with Crippen molar-refractivity contribution in [3.8, 4) is 0 Å². The van der Waals surface area contributed by atoms with E-state index in [1.807, 2.05) is 0 Å². The minimum atomic E-state index is -3.41. The highest BCUT2D eigenvalue weighted by molar-refractivity contribution is 7.86. The SMILES string of the molecule is C.CN(C)S(N)(=O)=O. The molecule has 0 amide bonds. The van der Waals surface area contributed by atoms with E-state index in [4.69, 9.17) is 0 Å². The summed E-state index contributed by atoms with van der Waals surface area (Å²) in [6.45, 7) is 0. The summed E-state index contributed by atoms with van der Waals surface area (Å²) in [4.78, 5) is 0. The van der Waals surface area contributed by atoms with Crippen molar-refractivity contribution in [3.05, 3.63) is 0 Å². The van der Waals surface area contributed by atoms with Crippen molar-refractivity contribution in [2.45, 2.75) is 7.43 Å². The van der Waals surface area contributed by atoms with Crippen LogP contribution in [-0.2, 0) is 10.2 Å². The Labute approximate surface area is 50.5 Å². The smallest absolute Gasteiger partial charge is 0.216 e. The van der Waals surface area contributed by atoms with Gasteiger partial charge in [-0.05, 0) is 0 Å². The van der Waals surface area contributed by atoms with Gasteiger partial charge in [0.25, 0.3) is 10.2 Å². The summed E-state index contributed by atoms with van der Waals surface area (Å²) in [6.07, 6.45) is 0. The molecule has 0 heterocycles. The van der Waals surface area contributed by atoms with Crippen LogP contribution in [0.4, 0.5) is 0 Å². The van der Waals surface area contributed by atoms with E-state index in [1.54, 1.807) is 0 Å². The number of hydrogen-bond acceptors (Lipinski definition) is 2. The highest BCUT2D eigenvalue weighted by Gasteiger charge is 2.01. The number of nitrogens with zero attached hydrogens (tertiary/aromatic N) is 1. The molecule has 2 N–H and O–H groups in total. The molecule has 0 bridgehead atoms. The Morgan fingerprint density at radius 3 is 1.50 bits per heavy atom. The Bertz CT molecular complexity index is 137. The normalized spacial score (nSPS) is 11.0. The van der Waals surface area contributed by atoms with E-state index < -0.39 is 10.2 Å². The Balaban J connectivity index is 0. The molecule has 0 aromatic carbocycles. The molecule has 4 nitrogen and oxygen atoms in total. The third kappa shape index (κ3) is 4.04. The molecule has 5 heteroatoms. The van der Waals surface area contributed by atoms with Gasteiger partial charge in [0.1, 0.15) is 0 Å². The monoisotopic (exact) mass is 140 g/mol.